The number of benzene rings is 2. The lowest BCUT2D eigenvalue weighted by Crippen LogP contribution is -2.30. The van der Waals surface area contributed by atoms with Gasteiger partial charge in [0.25, 0.3) is 5.91 Å². The Hall–Kier alpha value is -1.78. The lowest BCUT2D eigenvalue weighted by atomic mass is 10.0. The smallest absolute Gasteiger partial charge is 0.252 e. The molecule has 0 aliphatic carbocycles. The summed E-state index contributed by atoms with van der Waals surface area (Å²) in [4.78, 5) is 16.4. The molecule has 1 aliphatic heterocycles. The van der Waals surface area contributed by atoms with Crippen LogP contribution in [0.4, 0.5) is 0 Å². The van der Waals surface area contributed by atoms with Crippen LogP contribution in [0.1, 0.15) is 54.6 Å². The Morgan fingerprint density at radius 1 is 1.00 bits per heavy atom. The standard InChI is InChI=1S/C23H30N2OS/c1-18(2)27-22-13-7-6-12-21(22)23(26)24-16-19-10-4-5-11-20(19)17-25-14-8-3-9-15-25/h4-7,10-13,18H,3,8-9,14-17H2,1-2H3,(H,24,26). The molecular weight excluding hydrogens is 352 g/mol. The molecule has 0 aromatic heterocycles. The number of thioether (sulfide) groups is 1. The number of likely N-dealkylation sites (tertiary alicyclic amines) is 1. The molecule has 0 radical (unpaired) electrons. The van der Waals surface area contributed by atoms with Crippen LogP contribution in [-0.4, -0.2) is 29.1 Å². The minimum atomic E-state index is 0.00604. The van der Waals surface area contributed by atoms with E-state index in [1.807, 2.05) is 24.3 Å². The first kappa shape index (κ1) is 20.0. The van der Waals surface area contributed by atoms with Gasteiger partial charge in [-0.3, -0.25) is 9.69 Å². The molecule has 0 spiro atoms. The summed E-state index contributed by atoms with van der Waals surface area (Å²) in [6, 6.07) is 16.4. The third-order valence-electron chi connectivity index (χ3n) is 4.89. The largest absolute Gasteiger partial charge is 0.348 e. The van der Waals surface area contributed by atoms with E-state index in [1.165, 1.54) is 43.5 Å². The lowest BCUT2D eigenvalue weighted by molar-refractivity contribution is 0.0948. The highest BCUT2D eigenvalue weighted by Crippen LogP contribution is 2.26. The molecular formula is C23H30N2OS. The Balaban J connectivity index is 1.66. The number of carbonyl (C=O) groups excluding carboxylic acids is 1. The fraction of sp³-hybridized carbons (Fsp3) is 0.435. The zero-order chi connectivity index (χ0) is 19.1. The number of piperidine rings is 1. The van der Waals surface area contributed by atoms with Crippen LogP contribution in [-0.2, 0) is 13.1 Å². The van der Waals surface area contributed by atoms with E-state index >= 15 is 0 Å². The first-order valence-electron chi connectivity index (χ1n) is 9.96. The molecule has 0 atom stereocenters. The Morgan fingerprint density at radius 2 is 1.67 bits per heavy atom. The molecule has 3 nitrogen and oxygen atoms in total. The SMILES string of the molecule is CC(C)Sc1ccccc1C(=O)NCc1ccccc1CN1CCCCC1. The van der Waals surface area contributed by atoms with Gasteiger partial charge >= 0.3 is 0 Å². The first-order chi connectivity index (χ1) is 13.1. The Labute approximate surface area is 167 Å². The summed E-state index contributed by atoms with van der Waals surface area (Å²) < 4.78 is 0. The minimum absolute atomic E-state index is 0.00604. The van der Waals surface area contributed by atoms with Gasteiger partial charge < -0.3 is 5.32 Å². The van der Waals surface area contributed by atoms with Crippen molar-refractivity contribution in [3.05, 3.63) is 65.2 Å². The van der Waals surface area contributed by atoms with E-state index in [2.05, 4.69) is 48.3 Å². The average molecular weight is 383 g/mol. The molecule has 0 unspecified atom stereocenters. The molecule has 1 heterocycles. The molecule has 1 saturated heterocycles. The van der Waals surface area contributed by atoms with Crippen molar-refractivity contribution in [2.24, 2.45) is 0 Å². The van der Waals surface area contributed by atoms with E-state index < -0.39 is 0 Å². The van der Waals surface area contributed by atoms with Crippen LogP contribution in [0.25, 0.3) is 0 Å². The summed E-state index contributed by atoms with van der Waals surface area (Å²) in [5.41, 5.74) is 3.31. The molecule has 1 aliphatic rings. The zero-order valence-electron chi connectivity index (χ0n) is 16.4. The summed E-state index contributed by atoms with van der Waals surface area (Å²) in [7, 11) is 0. The highest BCUT2D eigenvalue weighted by molar-refractivity contribution is 8.00. The van der Waals surface area contributed by atoms with Gasteiger partial charge in [0.2, 0.25) is 0 Å². The summed E-state index contributed by atoms with van der Waals surface area (Å²) in [5, 5.41) is 3.58. The molecule has 144 valence electrons. The van der Waals surface area contributed by atoms with E-state index in [4.69, 9.17) is 0 Å². The molecule has 4 heteroatoms. The average Bonchev–Trinajstić information content (AvgIpc) is 2.68. The van der Waals surface area contributed by atoms with Crippen molar-refractivity contribution in [1.82, 2.24) is 10.2 Å². The number of hydrogen-bond donors (Lipinski definition) is 1. The van der Waals surface area contributed by atoms with Crippen LogP contribution in [0.2, 0.25) is 0 Å². The molecule has 0 saturated carbocycles. The van der Waals surface area contributed by atoms with E-state index in [9.17, 15) is 4.79 Å². The van der Waals surface area contributed by atoms with Gasteiger partial charge in [0.05, 0.1) is 5.56 Å². The van der Waals surface area contributed by atoms with Crippen molar-refractivity contribution < 1.29 is 4.79 Å². The Kier molecular flexibility index (Phi) is 7.36. The number of hydrogen-bond acceptors (Lipinski definition) is 3. The lowest BCUT2D eigenvalue weighted by Gasteiger charge is -2.27. The van der Waals surface area contributed by atoms with Crippen LogP contribution in [0.3, 0.4) is 0 Å². The van der Waals surface area contributed by atoms with E-state index in [0.29, 0.717) is 11.8 Å². The van der Waals surface area contributed by atoms with Crippen molar-refractivity contribution >= 4 is 17.7 Å². The predicted octanol–water partition coefficient (Wildman–Crippen LogP) is 5.10. The van der Waals surface area contributed by atoms with Crippen molar-refractivity contribution in [2.45, 2.75) is 56.3 Å². The number of rotatable bonds is 7. The second kappa shape index (κ2) is 9.95. The number of carbonyl (C=O) groups is 1. The Morgan fingerprint density at radius 3 is 2.41 bits per heavy atom. The van der Waals surface area contributed by atoms with Crippen molar-refractivity contribution in [2.75, 3.05) is 13.1 Å². The van der Waals surface area contributed by atoms with Crippen LogP contribution < -0.4 is 5.32 Å². The van der Waals surface area contributed by atoms with E-state index in [0.717, 1.165) is 17.0 Å². The number of amides is 1. The third kappa shape index (κ3) is 5.85. The summed E-state index contributed by atoms with van der Waals surface area (Å²) in [5.74, 6) is 0.00604. The topological polar surface area (TPSA) is 32.3 Å². The molecule has 1 amide bonds. The monoisotopic (exact) mass is 382 g/mol. The van der Waals surface area contributed by atoms with E-state index in [-0.39, 0.29) is 5.91 Å². The van der Waals surface area contributed by atoms with Gasteiger partial charge in [-0.25, -0.2) is 0 Å². The van der Waals surface area contributed by atoms with Gasteiger partial charge in [0, 0.05) is 23.2 Å². The third-order valence-corrected chi connectivity index (χ3v) is 5.98. The van der Waals surface area contributed by atoms with Gasteiger partial charge in [-0.15, -0.1) is 11.8 Å². The molecule has 1 fully saturated rings. The molecule has 0 bridgehead atoms. The van der Waals surface area contributed by atoms with Crippen molar-refractivity contribution in [3.8, 4) is 0 Å². The fourth-order valence-electron chi connectivity index (χ4n) is 3.52. The van der Waals surface area contributed by atoms with Gasteiger partial charge in [-0.2, -0.15) is 0 Å². The van der Waals surface area contributed by atoms with Gasteiger partial charge in [0.15, 0.2) is 0 Å². The molecule has 2 aromatic carbocycles. The second-order valence-electron chi connectivity index (χ2n) is 7.45. The van der Waals surface area contributed by atoms with Gasteiger partial charge in [0.1, 0.15) is 0 Å². The maximum absolute atomic E-state index is 12.8. The number of nitrogens with zero attached hydrogens (tertiary/aromatic N) is 1. The number of nitrogens with one attached hydrogen (secondary N) is 1. The molecule has 1 N–H and O–H groups in total. The maximum atomic E-state index is 12.8. The van der Waals surface area contributed by atoms with Crippen molar-refractivity contribution in [1.29, 1.82) is 0 Å². The summed E-state index contributed by atoms with van der Waals surface area (Å²) in [6.45, 7) is 8.21. The maximum Gasteiger partial charge on any atom is 0.252 e. The van der Waals surface area contributed by atoms with Crippen LogP contribution in [0.15, 0.2) is 53.4 Å². The van der Waals surface area contributed by atoms with Gasteiger partial charge in [-0.1, -0.05) is 56.7 Å². The molecule has 3 rings (SSSR count). The molecule has 27 heavy (non-hydrogen) atoms. The normalized spacial score (nSPS) is 15.1. The minimum Gasteiger partial charge on any atom is -0.348 e. The Bertz CT molecular complexity index is 754. The summed E-state index contributed by atoms with van der Waals surface area (Å²) in [6.07, 6.45) is 3.94. The zero-order valence-corrected chi connectivity index (χ0v) is 17.2. The molecule has 2 aromatic rings. The van der Waals surface area contributed by atoms with Crippen molar-refractivity contribution in [3.63, 3.8) is 0 Å². The van der Waals surface area contributed by atoms with Crippen LogP contribution >= 0.6 is 11.8 Å². The fourth-order valence-corrected chi connectivity index (χ4v) is 4.48. The second-order valence-corrected chi connectivity index (χ2v) is 9.07. The first-order valence-corrected chi connectivity index (χ1v) is 10.8. The highest BCUT2D eigenvalue weighted by Gasteiger charge is 2.15. The summed E-state index contributed by atoms with van der Waals surface area (Å²) >= 11 is 1.73. The predicted molar refractivity (Wildman–Crippen MR) is 114 cm³/mol. The van der Waals surface area contributed by atoms with E-state index in [1.54, 1.807) is 11.8 Å². The van der Waals surface area contributed by atoms with Gasteiger partial charge in [-0.05, 0) is 49.2 Å². The van der Waals surface area contributed by atoms with Crippen LogP contribution in [0, 0.1) is 0 Å². The van der Waals surface area contributed by atoms with Crippen LogP contribution in [0.5, 0.6) is 0 Å². The quantitative estimate of drug-likeness (QED) is 0.676. The highest BCUT2D eigenvalue weighted by atomic mass is 32.2.